The minimum atomic E-state index is -0.863. The number of methoxy groups -OCH3 is 1. The summed E-state index contributed by atoms with van der Waals surface area (Å²) >= 11 is 0. The van der Waals surface area contributed by atoms with E-state index in [9.17, 15) is 9.18 Å². The first-order valence-electron chi connectivity index (χ1n) is 4.67. The van der Waals surface area contributed by atoms with Crippen LogP contribution >= 0.6 is 0 Å². The molecule has 0 radical (unpaired) electrons. The van der Waals surface area contributed by atoms with Crippen LogP contribution in [0.2, 0.25) is 0 Å². The highest BCUT2D eigenvalue weighted by Crippen LogP contribution is 2.18. The first-order chi connectivity index (χ1) is 7.13. The molecule has 15 heavy (non-hydrogen) atoms. The van der Waals surface area contributed by atoms with Gasteiger partial charge < -0.3 is 9.84 Å². The molecule has 0 saturated carbocycles. The second-order valence-corrected chi connectivity index (χ2v) is 3.20. The maximum Gasteiger partial charge on any atom is 0.303 e. The fraction of sp³-hybridized carbons (Fsp3) is 0.364. The number of carboxylic acid groups (broad SMARTS) is 1. The van der Waals surface area contributed by atoms with Gasteiger partial charge in [-0.3, -0.25) is 4.79 Å². The first-order valence-corrected chi connectivity index (χ1v) is 4.67. The van der Waals surface area contributed by atoms with Crippen molar-refractivity contribution in [1.29, 1.82) is 0 Å². The number of benzene rings is 1. The molecule has 1 aromatic rings. The number of aliphatic carboxylic acids is 1. The quantitative estimate of drug-likeness (QED) is 0.814. The molecule has 0 amide bonds. The van der Waals surface area contributed by atoms with Gasteiger partial charge in [-0.05, 0) is 36.6 Å². The molecule has 0 aromatic heterocycles. The van der Waals surface area contributed by atoms with Gasteiger partial charge >= 0.3 is 5.97 Å². The molecular formula is C11H13FO3. The molecular weight excluding hydrogens is 199 g/mol. The summed E-state index contributed by atoms with van der Waals surface area (Å²) in [5, 5.41) is 8.44. The van der Waals surface area contributed by atoms with Crippen LogP contribution in [-0.2, 0) is 11.2 Å². The summed E-state index contributed by atoms with van der Waals surface area (Å²) in [6, 6.07) is 4.46. The van der Waals surface area contributed by atoms with E-state index in [1.165, 1.54) is 19.2 Å². The summed E-state index contributed by atoms with van der Waals surface area (Å²) in [5.41, 5.74) is 0.496. The maximum atomic E-state index is 13.2. The van der Waals surface area contributed by atoms with Crippen LogP contribution in [0.15, 0.2) is 18.2 Å². The van der Waals surface area contributed by atoms with Gasteiger partial charge in [-0.2, -0.15) is 0 Å². The average Bonchev–Trinajstić information content (AvgIpc) is 2.20. The van der Waals surface area contributed by atoms with Crippen molar-refractivity contribution in [2.75, 3.05) is 7.11 Å². The van der Waals surface area contributed by atoms with Crippen LogP contribution in [0.4, 0.5) is 4.39 Å². The predicted molar refractivity (Wildman–Crippen MR) is 53.5 cm³/mol. The fourth-order valence-corrected chi connectivity index (χ4v) is 1.30. The summed E-state index contributed by atoms with van der Waals surface area (Å²) in [5.74, 6) is -0.596. The fourth-order valence-electron chi connectivity index (χ4n) is 1.30. The van der Waals surface area contributed by atoms with Gasteiger partial charge in [-0.15, -0.1) is 0 Å². The van der Waals surface area contributed by atoms with Crippen LogP contribution in [0.5, 0.6) is 5.75 Å². The Bertz CT molecular complexity index is 350. The molecule has 4 heteroatoms. The van der Waals surface area contributed by atoms with Crippen LogP contribution in [0, 0.1) is 5.82 Å². The van der Waals surface area contributed by atoms with Crippen molar-refractivity contribution in [1.82, 2.24) is 0 Å². The number of hydrogen-bond acceptors (Lipinski definition) is 2. The van der Waals surface area contributed by atoms with Crippen molar-refractivity contribution in [2.45, 2.75) is 19.3 Å². The van der Waals surface area contributed by atoms with Gasteiger partial charge in [0.25, 0.3) is 0 Å². The standard InChI is InChI=1S/C11H13FO3/c1-15-9-5-6-10(12)8(7-9)3-2-4-11(13)14/h5-7H,2-4H2,1H3,(H,13,14). The largest absolute Gasteiger partial charge is 0.497 e. The smallest absolute Gasteiger partial charge is 0.303 e. The van der Waals surface area contributed by atoms with Gasteiger partial charge in [0.05, 0.1) is 7.11 Å². The molecule has 1 rings (SSSR count). The van der Waals surface area contributed by atoms with Gasteiger partial charge in [0.15, 0.2) is 0 Å². The van der Waals surface area contributed by atoms with Crippen molar-refractivity contribution >= 4 is 5.97 Å². The SMILES string of the molecule is COc1ccc(F)c(CCCC(=O)O)c1. The van der Waals surface area contributed by atoms with Crippen molar-refractivity contribution in [2.24, 2.45) is 0 Å². The summed E-state index contributed by atoms with van der Waals surface area (Å²) in [6.45, 7) is 0. The highest BCUT2D eigenvalue weighted by molar-refractivity contribution is 5.66. The molecule has 0 spiro atoms. The molecule has 0 heterocycles. The number of ether oxygens (including phenoxy) is 1. The molecule has 0 unspecified atom stereocenters. The van der Waals surface area contributed by atoms with E-state index in [0.29, 0.717) is 24.2 Å². The van der Waals surface area contributed by atoms with Gasteiger partial charge in [0, 0.05) is 6.42 Å². The molecule has 3 nitrogen and oxygen atoms in total. The zero-order chi connectivity index (χ0) is 11.3. The predicted octanol–water partition coefficient (Wildman–Crippen LogP) is 2.24. The zero-order valence-corrected chi connectivity index (χ0v) is 8.50. The molecule has 1 aromatic carbocycles. The molecule has 82 valence electrons. The third-order valence-corrected chi connectivity index (χ3v) is 2.09. The zero-order valence-electron chi connectivity index (χ0n) is 8.50. The highest BCUT2D eigenvalue weighted by Gasteiger charge is 2.05. The normalized spacial score (nSPS) is 10.0. The molecule has 0 aliphatic carbocycles. The lowest BCUT2D eigenvalue weighted by molar-refractivity contribution is -0.137. The Balaban J connectivity index is 2.62. The number of rotatable bonds is 5. The van der Waals surface area contributed by atoms with Gasteiger partial charge in [0.1, 0.15) is 11.6 Å². The van der Waals surface area contributed by atoms with Gasteiger partial charge in [-0.1, -0.05) is 0 Å². The van der Waals surface area contributed by atoms with Crippen LogP contribution in [-0.4, -0.2) is 18.2 Å². The second kappa shape index (κ2) is 5.34. The number of aryl methyl sites for hydroxylation is 1. The highest BCUT2D eigenvalue weighted by atomic mass is 19.1. The van der Waals surface area contributed by atoms with Crippen LogP contribution in [0.1, 0.15) is 18.4 Å². The number of halogens is 1. The van der Waals surface area contributed by atoms with E-state index >= 15 is 0 Å². The molecule has 0 saturated heterocycles. The average molecular weight is 212 g/mol. The molecule has 0 fully saturated rings. The van der Waals surface area contributed by atoms with E-state index < -0.39 is 5.97 Å². The third kappa shape index (κ3) is 3.58. The van der Waals surface area contributed by atoms with Crippen molar-refractivity contribution in [3.8, 4) is 5.75 Å². The van der Waals surface area contributed by atoms with Crippen LogP contribution < -0.4 is 4.74 Å². The molecule has 0 aliphatic rings. The van der Waals surface area contributed by atoms with Crippen molar-refractivity contribution in [3.63, 3.8) is 0 Å². The van der Waals surface area contributed by atoms with E-state index in [4.69, 9.17) is 9.84 Å². The van der Waals surface area contributed by atoms with E-state index in [2.05, 4.69) is 0 Å². The van der Waals surface area contributed by atoms with E-state index in [0.717, 1.165) is 0 Å². The minimum Gasteiger partial charge on any atom is -0.497 e. The molecule has 0 bridgehead atoms. The Morgan fingerprint density at radius 2 is 2.27 bits per heavy atom. The lowest BCUT2D eigenvalue weighted by atomic mass is 10.1. The van der Waals surface area contributed by atoms with Crippen LogP contribution in [0.25, 0.3) is 0 Å². The van der Waals surface area contributed by atoms with Crippen molar-refractivity contribution in [3.05, 3.63) is 29.6 Å². The van der Waals surface area contributed by atoms with E-state index in [1.54, 1.807) is 6.07 Å². The monoisotopic (exact) mass is 212 g/mol. The maximum absolute atomic E-state index is 13.2. The number of carbonyl (C=O) groups is 1. The van der Waals surface area contributed by atoms with E-state index in [1.807, 2.05) is 0 Å². The second-order valence-electron chi connectivity index (χ2n) is 3.20. The summed E-state index contributed by atoms with van der Waals surface area (Å²) < 4.78 is 18.2. The Labute approximate surface area is 87.5 Å². The Hall–Kier alpha value is -1.58. The summed E-state index contributed by atoms with van der Waals surface area (Å²) in [4.78, 5) is 10.3. The Morgan fingerprint density at radius 1 is 1.53 bits per heavy atom. The van der Waals surface area contributed by atoms with Gasteiger partial charge in [0.2, 0.25) is 0 Å². The first kappa shape index (κ1) is 11.5. The third-order valence-electron chi connectivity index (χ3n) is 2.09. The Morgan fingerprint density at radius 3 is 2.87 bits per heavy atom. The van der Waals surface area contributed by atoms with Gasteiger partial charge in [-0.25, -0.2) is 4.39 Å². The molecule has 0 aliphatic heterocycles. The summed E-state index contributed by atoms with van der Waals surface area (Å²) in [7, 11) is 1.51. The lowest BCUT2D eigenvalue weighted by Crippen LogP contribution is -1.98. The number of hydrogen-bond donors (Lipinski definition) is 1. The van der Waals surface area contributed by atoms with Crippen molar-refractivity contribution < 1.29 is 19.0 Å². The lowest BCUT2D eigenvalue weighted by Gasteiger charge is -2.05. The molecule has 0 atom stereocenters. The Kier molecular flexibility index (Phi) is 4.09. The summed E-state index contributed by atoms with van der Waals surface area (Å²) in [6.07, 6.45) is 0.894. The molecule has 1 N–H and O–H groups in total. The topological polar surface area (TPSA) is 46.5 Å². The number of carboxylic acids is 1. The van der Waals surface area contributed by atoms with E-state index in [-0.39, 0.29) is 12.2 Å². The minimum absolute atomic E-state index is 0.0522. The van der Waals surface area contributed by atoms with Crippen LogP contribution in [0.3, 0.4) is 0 Å².